The Bertz CT molecular complexity index is 994. The van der Waals surface area contributed by atoms with Gasteiger partial charge in [-0.1, -0.05) is 12.1 Å². The number of halogens is 6. The van der Waals surface area contributed by atoms with Crippen LogP contribution in [-0.2, 0) is 22.2 Å². The molecule has 1 amide bonds. The number of benzene rings is 2. The van der Waals surface area contributed by atoms with E-state index in [0.717, 1.165) is 12.1 Å². The van der Waals surface area contributed by atoms with Crippen molar-refractivity contribution in [3.8, 4) is 0 Å². The van der Waals surface area contributed by atoms with Crippen LogP contribution in [0.25, 0.3) is 0 Å². The molecule has 0 radical (unpaired) electrons. The zero-order valence-electron chi connectivity index (χ0n) is 15.0. The Kier molecular flexibility index (Phi) is 6.03. The van der Waals surface area contributed by atoms with Crippen LogP contribution in [0.3, 0.4) is 0 Å². The third-order valence-electron chi connectivity index (χ3n) is 3.90. The van der Waals surface area contributed by atoms with Gasteiger partial charge in [0, 0.05) is 5.69 Å². The summed E-state index contributed by atoms with van der Waals surface area (Å²) < 4.78 is 102. The first-order valence-electron chi connectivity index (χ1n) is 8.08. The molecule has 0 aliphatic carbocycles. The van der Waals surface area contributed by atoms with E-state index in [0.29, 0.717) is 12.1 Å². The van der Waals surface area contributed by atoms with Gasteiger partial charge in [0.15, 0.2) is 9.84 Å². The molecule has 0 aliphatic heterocycles. The maximum atomic E-state index is 12.9. The molecule has 0 spiro atoms. The quantitative estimate of drug-likeness (QED) is 0.670. The topological polar surface area (TPSA) is 63.2 Å². The number of rotatable bonds is 4. The van der Waals surface area contributed by atoms with E-state index in [-0.39, 0.29) is 11.0 Å². The molecule has 0 fully saturated rings. The van der Waals surface area contributed by atoms with Crippen molar-refractivity contribution in [2.75, 3.05) is 5.32 Å². The second kappa shape index (κ2) is 7.69. The second-order valence-electron chi connectivity index (χ2n) is 6.34. The third kappa shape index (κ3) is 5.08. The van der Waals surface area contributed by atoms with Gasteiger partial charge in [0.1, 0.15) is 0 Å². The van der Waals surface area contributed by atoms with E-state index in [4.69, 9.17) is 0 Å². The lowest BCUT2D eigenvalue weighted by molar-refractivity contribution is -0.143. The minimum absolute atomic E-state index is 0.0766. The van der Waals surface area contributed by atoms with Gasteiger partial charge in [0.2, 0.25) is 0 Å². The lowest BCUT2D eigenvalue weighted by atomic mass is 10.1. The minimum atomic E-state index is -5.08. The maximum absolute atomic E-state index is 12.9. The van der Waals surface area contributed by atoms with Crippen molar-refractivity contribution in [3.05, 3.63) is 59.2 Å². The molecular weight excluding hydrogens is 424 g/mol. The molecule has 0 aliphatic rings. The lowest BCUT2D eigenvalue weighted by Gasteiger charge is -2.16. The molecule has 0 aromatic heterocycles. The predicted molar refractivity (Wildman–Crippen MR) is 93.2 cm³/mol. The first-order chi connectivity index (χ1) is 13.1. The van der Waals surface area contributed by atoms with Gasteiger partial charge in [0.05, 0.1) is 26.8 Å². The highest BCUT2D eigenvalue weighted by Gasteiger charge is 2.37. The van der Waals surface area contributed by atoms with Crippen LogP contribution in [0.5, 0.6) is 0 Å². The number of anilines is 1. The maximum Gasteiger partial charge on any atom is 0.416 e. The Morgan fingerprint density at radius 1 is 0.897 bits per heavy atom. The summed E-state index contributed by atoms with van der Waals surface area (Å²) in [5.74, 6) is -1.16. The van der Waals surface area contributed by atoms with Crippen LogP contribution in [0.15, 0.2) is 47.4 Å². The van der Waals surface area contributed by atoms with Gasteiger partial charge in [-0.05, 0) is 44.2 Å². The van der Waals surface area contributed by atoms with Crippen LogP contribution in [0.1, 0.15) is 35.3 Å². The minimum Gasteiger partial charge on any atom is -0.322 e. The summed E-state index contributed by atoms with van der Waals surface area (Å²) in [7, 11) is -3.93. The number of amides is 1. The van der Waals surface area contributed by atoms with Crippen molar-refractivity contribution in [2.45, 2.75) is 36.3 Å². The first-order valence-corrected chi connectivity index (χ1v) is 9.62. The average Bonchev–Trinajstić information content (AvgIpc) is 2.59. The molecule has 0 bridgehead atoms. The van der Waals surface area contributed by atoms with Gasteiger partial charge in [0.25, 0.3) is 5.91 Å². The van der Waals surface area contributed by atoms with Crippen LogP contribution >= 0.6 is 0 Å². The van der Waals surface area contributed by atoms with Crippen molar-refractivity contribution >= 4 is 21.4 Å². The Labute approximate surface area is 162 Å². The summed E-state index contributed by atoms with van der Waals surface area (Å²) in [6.45, 7) is 2.73. The molecule has 0 heterocycles. The zero-order chi connectivity index (χ0) is 22.2. The molecule has 0 atom stereocenters. The number of nitrogens with one attached hydrogen (secondary N) is 1. The van der Waals surface area contributed by atoms with Gasteiger partial charge >= 0.3 is 12.4 Å². The average molecular weight is 439 g/mol. The molecule has 1 N–H and O–H groups in total. The highest BCUT2D eigenvalue weighted by atomic mass is 32.2. The Balaban J connectivity index is 2.52. The zero-order valence-corrected chi connectivity index (χ0v) is 15.8. The van der Waals surface area contributed by atoms with Crippen molar-refractivity contribution in [1.82, 2.24) is 0 Å². The number of carbonyl (C=O) groups is 1. The lowest BCUT2D eigenvalue weighted by Crippen LogP contribution is -2.21. The summed E-state index contributed by atoms with van der Waals surface area (Å²) in [6, 6.07) is 5.52. The molecule has 0 unspecified atom stereocenters. The van der Waals surface area contributed by atoms with E-state index in [2.05, 4.69) is 0 Å². The van der Waals surface area contributed by atoms with Crippen molar-refractivity contribution in [2.24, 2.45) is 0 Å². The van der Waals surface area contributed by atoms with Gasteiger partial charge < -0.3 is 5.32 Å². The highest BCUT2D eigenvalue weighted by Crippen LogP contribution is 2.37. The standard InChI is InChI=1S/C18H15F6NO3S/c1-10(2)29(27,28)15-6-4-3-5-14(15)16(26)25-13-8-11(17(19,20)21)7-12(9-13)18(22,23)24/h3-10H,1-2H3,(H,25,26). The molecule has 2 aromatic rings. The number of hydrogen-bond donors (Lipinski definition) is 1. The number of carbonyl (C=O) groups excluding carboxylic acids is 1. The van der Waals surface area contributed by atoms with Gasteiger partial charge in [-0.3, -0.25) is 4.79 Å². The molecule has 0 saturated carbocycles. The molecule has 2 rings (SSSR count). The second-order valence-corrected chi connectivity index (χ2v) is 8.81. The van der Waals surface area contributed by atoms with Crippen LogP contribution in [0.4, 0.5) is 32.0 Å². The summed E-state index contributed by atoms with van der Waals surface area (Å²) in [5.41, 5.74) is -4.38. The largest absolute Gasteiger partial charge is 0.416 e. The highest BCUT2D eigenvalue weighted by molar-refractivity contribution is 7.92. The number of hydrogen-bond acceptors (Lipinski definition) is 3. The predicted octanol–water partition coefficient (Wildman–Crippen LogP) is 5.16. The third-order valence-corrected chi connectivity index (χ3v) is 6.11. The summed E-state index contributed by atoms with van der Waals surface area (Å²) in [4.78, 5) is 12.1. The van der Waals surface area contributed by atoms with Crippen molar-refractivity contribution in [3.63, 3.8) is 0 Å². The van der Waals surface area contributed by atoms with Crippen LogP contribution < -0.4 is 5.32 Å². The fraction of sp³-hybridized carbons (Fsp3) is 0.278. The molecule has 158 valence electrons. The Hall–Kier alpha value is -2.56. The van der Waals surface area contributed by atoms with Gasteiger partial charge in [-0.15, -0.1) is 0 Å². The fourth-order valence-electron chi connectivity index (χ4n) is 2.38. The molecule has 29 heavy (non-hydrogen) atoms. The van der Waals surface area contributed by atoms with Gasteiger partial charge in [-0.2, -0.15) is 26.3 Å². The first kappa shape index (κ1) is 22.7. The van der Waals surface area contributed by atoms with E-state index in [1.807, 2.05) is 5.32 Å². The molecular formula is C18H15F6NO3S. The SMILES string of the molecule is CC(C)S(=O)(=O)c1ccccc1C(=O)Nc1cc(C(F)(F)F)cc(C(F)(F)F)c1. The number of alkyl halides is 6. The normalized spacial score (nSPS) is 12.9. The molecule has 2 aromatic carbocycles. The van der Waals surface area contributed by atoms with Gasteiger partial charge in [-0.25, -0.2) is 8.42 Å². The van der Waals surface area contributed by atoms with Crippen molar-refractivity contribution < 1.29 is 39.6 Å². The smallest absolute Gasteiger partial charge is 0.322 e. The van der Waals surface area contributed by atoms with Crippen LogP contribution in [0.2, 0.25) is 0 Å². The van der Waals surface area contributed by atoms with Crippen molar-refractivity contribution in [1.29, 1.82) is 0 Å². The summed E-state index contributed by atoms with van der Waals surface area (Å²) in [5, 5.41) is 1.03. The van der Waals surface area contributed by atoms with Crippen LogP contribution in [0, 0.1) is 0 Å². The van der Waals surface area contributed by atoms with E-state index >= 15 is 0 Å². The van der Waals surface area contributed by atoms with E-state index < -0.39 is 55.7 Å². The Morgan fingerprint density at radius 2 is 1.38 bits per heavy atom. The molecule has 4 nitrogen and oxygen atoms in total. The molecule has 0 saturated heterocycles. The summed E-state index contributed by atoms with van der Waals surface area (Å²) >= 11 is 0. The monoisotopic (exact) mass is 439 g/mol. The summed E-state index contributed by atoms with van der Waals surface area (Å²) in [6.07, 6.45) is -10.2. The van der Waals surface area contributed by atoms with E-state index in [1.54, 1.807) is 0 Å². The van der Waals surface area contributed by atoms with Crippen LogP contribution in [-0.4, -0.2) is 19.6 Å². The van der Waals surface area contributed by atoms with E-state index in [9.17, 15) is 39.6 Å². The fourth-order valence-corrected chi connectivity index (χ4v) is 3.63. The number of sulfone groups is 1. The Morgan fingerprint density at radius 3 is 1.83 bits per heavy atom. The van der Waals surface area contributed by atoms with E-state index in [1.165, 1.54) is 26.0 Å². The molecule has 11 heteroatoms.